The van der Waals surface area contributed by atoms with Crippen LogP contribution in [-0.2, 0) is 10.8 Å². The maximum atomic E-state index is 20.4. The number of nitrogens with one attached hydrogen (secondary N) is 1. The fraction of sp³-hybridized carbons (Fsp3) is 0.735. The van der Waals surface area contributed by atoms with Gasteiger partial charge in [0.2, 0.25) is 0 Å². The Morgan fingerprint density at radius 2 is 0.872 bits per heavy atom. The van der Waals surface area contributed by atoms with E-state index in [1.165, 1.54) is 93.6 Å². The van der Waals surface area contributed by atoms with Crippen molar-refractivity contribution in [2.24, 2.45) is 4.01 Å². The Morgan fingerprint density at radius 1 is 0.487 bits per heavy atom. The van der Waals surface area contributed by atoms with Crippen molar-refractivity contribution in [2.75, 3.05) is 0 Å². The first-order chi connectivity index (χ1) is 38.0. The van der Waals surface area contributed by atoms with Gasteiger partial charge in [0.05, 0.1) is 0 Å². The molecule has 1 aromatic heterocycles. The predicted molar refractivity (Wildman–Crippen MR) is 345 cm³/mol. The molecule has 0 fully saturated rings. The molecule has 0 saturated heterocycles. The van der Waals surface area contributed by atoms with Crippen molar-refractivity contribution >= 4 is 99.6 Å². The fourth-order valence-corrected chi connectivity index (χ4v) is 50.4. The van der Waals surface area contributed by atoms with Gasteiger partial charge in [-0.3, -0.25) is 0 Å². The third kappa shape index (κ3) is 13.9. The molecule has 10 heteroatoms. The van der Waals surface area contributed by atoms with Crippen LogP contribution < -0.4 is 3.58 Å². The minimum atomic E-state index is -3.38. The summed E-state index contributed by atoms with van der Waals surface area (Å²) in [6, 6.07) is 2.65. The molecule has 0 spiro atoms. The van der Waals surface area contributed by atoms with Gasteiger partial charge in [0.1, 0.15) is 0 Å². The van der Waals surface area contributed by atoms with E-state index >= 15 is 8.78 Å². The molecule has 78 heavy (non-hydrogen) atoms. The topological polar surface area (TPSA) is 62.0 Å². The molecule has 0 bridgehead atoms. The van der Waals surface area contributed by atoms with Crippen molar-refractivity contribution in [3.8, 4) is 11.1 Å². The first-order valence-electron chi connectivity index (χ1n) is 33.1. The number of unbranched alkanes of at least 4 members (excludes halogenated alkanes) is 18. The molecule has 1 radical (unpaired) electrons. The summed E-state index contributed by atoms with van der Waals surface area (Å²) in [4.78, 5) is 0. The van der Waals surface area contributed by atoms with E-state index in [1.807, 2.05) is 0 Å². The second-order valence-electron chi connectivity index (χ2n) is 25.2. The molecular weight excluding hydrogens is 1310 g/mol. The summed E-state index contributed by atoms with van der Waals surface area (Å²) in [6.45, 7) is 23.2. The van der Waals surface area contributed by atoms with Crippen molar-refractivity contribution in [1.82, 2.24) is 7.96 Å². The fourth-order valence-electron chi connectivity index (χ4n) is 15.5. The number of rotatable bonds is 40. The SMILES string of the molecule is CCCCCCC1(CCCCCC)C2=C(/C(=N/[Se])C(=N)[C]([Sn]([CH2]CCC)([CH2]CCC)[CH2]CCC)=C2)c2c(F)c3c(c(F)c21)-c1c(c[c]([Sn]([CH2]CCC)([CH2]CCC)[CH2]CCC)c2n[se]nc12)C3(CCCCCC)CCCCCC. The van der Waals surface area contributed by atoms with Gasteiger partial charge in [-0.1, -0.05) is 0 Å². The Morgan fingerprint density at radius 3 is 1.29 bits per heavy atom. The van der Waals surface area contributed by atoms with E-state index in [9.17, 15) is 5.41 Å². The van der Waals surface area contributed by atoms with E-state index < -0.39 is 47.6 Å². The third-order valence-electron chi connectivity index (χ3n) is 19.8. The number of aromatic nitrogens is 2. The second kappa shape index (κ2) is 32.6. The summed E-state index contributed by atoms with van der Waals surface area (Å²) in [7, 11) is 0. The number of halogens is 2. The Kier molecular flexibility index (Phi) is 27.8. The zero-order valence-electron chi connectivity index (χ0n) is 51.4. The molecule has 0 unspecified atom stereocenters. The summed E-state index contributed by atoms with van der Waals surface area (Å²) >= 11 is -3.86. The molecule has 0 aliphatic heterocycles. The van der Waals surface area contributed by atoms with Gasteiger partial charge in [-0.05, 0) is 0 Å². The number of benzene rings is 2. The standard InChI is InChI=1S/C44H55F2N4Se2.6C4H9.2Sn/c1-5-9-13-17-25-43(26-18-14-10-6-2)29-21-23-31(47)41(48-51)33(29)35-37(43)40(46)36-34-30(22-24-32-42(34)50-52-49-32)44(38(36)39(35)45,27-19-15-11-7-3)28-20-16-12-8-4;6*1-3-4-2;;/h21-22,47H,5-20,25-28H2,1-4H3;6*1,3-4H2,2H3;;/b47-31?,48-41+;;;;;;;;. The summed E-state index contributed by atoms with van der Waals surface area (Å²) in [5.74, 6) is -0.370. The van der Waals surface area contributed by atoms with Crippen LogP contribution in [0.25, 0.3) is 27.7 Å². The van der Waals surface area contributed by atoms with Crippen molar-refractivity contribution in [3.63, 3.8) is 0 Å². The quantitative estimate of drug-likeness (QED) is 0.0350. The molecule has 0 atom stereocenters. The normalized spacial score (nSPS) is 16.2. The number of nitrogens with zero attached hydrogens (tertiary/aromatic N) is 3. The molecule has 3 aromatic rings. The van der Waals surface area contributed by atoms with E-state index in [0.29, 0.717) is 33.7 Å². The van der Waals surface area contributed by atoms with Crippen LogP contribution >= 0.6 is 0 Å². The van der Waals surface area contributed by atoms with E-state index in [1.54, 1.807) is 3.58 Å². The average molecular weight is 1420 g/mol. The van der Waals surface area contributed by atoms with Crippen LogP contribution in [0, 0.1) is 17.0 Å². The molecule has 4 nitrogen and oxygen atoms in total. The Balaban J connectivity index is 1.85. The molecule has 6 rings (SSSR count). The molecule has 3 aliphatic carbocycles. The van der Waals surface area contributed by atoms with Gasteiger partial charge in [0.25, 0.3) is 0 Å². The summed E-state index contributed by atoms with van der Waals surface area (Å²) in [5, 5.41) is 10.6. The van der Waals surface area contributed by atoms with Crippen LogP contribution in [-0.4, -0.2) is 87.3 Å². The van der Waals surface area contributed by atoms with Crippen LogP contribution in [0.5, 0.6) is 0 Å². The van der Waals surface area contributed by atoms with Crippen molar-refractivity contribution in [2.45, 2.75) is 312 Å². The third-order valence-corrected chi connectivity index (χ3v) is 52.5. The van der Waals surface area contributed by atoms with Gasteiger partial charge in [0, 0.05) is 0 Å². The number of fused-ring (bicyclic) bond motifs is 7. The molecule has 1 heterocycles. The van der Waals surface area contributed by atoms with Crippen LogP contribution in [0.1, 0.15) is 297 Å². The average Bonchev–Trinajstić information content (AvgIpc) is 4.34. The zero-order valence-corrected chi connectivity index (χ0v) is 60.6. The van der Waals surface area contributed by atoms with Crippen LogP contribution in [0.3, 0.4) is 0 Å². The molecule has 3 aliphatic rings. The van der Waals surface area contributed by atoms with Gasteiger partial charge in [-0.15, -0.1) is 0 Å². The maximum absolute atomic E-state index is 20.4. The summed E-state index contributed by atoms with van der Waals surface area (Å²) in [5.41, 5.74) is 8.02. The Hall–Kier alpha value is -0.644. The first kappa shape index (κ1) is 66.5. The van der Waals surface area contributed by atoms with Crippen molar-refractivity contribution < 1.29 is 8.78 Å². The first-order valence-corrected chi connectivity index (χ1v) is 50.4. The molecular formula is C68H109F2N4Se2Sn2. The van der Waals surface area contributed by atoms with Crippen LogP contribution in [0.15, 0.2) is 25.3 Å². The zero-order chi connectivity index (χ0) is 56.4. The van der Waals surface area contributed by atoms with E-state index in [4.69, 9.17) is 12.0 Å². The Labute approximate surface area is 499 Å². The number of hydrogen-bond donors (Lipinski definition) is 1. The summed E-state index contributed by atoms with van der Waals surface area (Å²) < 4.78 is 67.3. The predicted octanol–water partition coefficient (Wildman–Crippen LogP) is 21.0. The van der Waals surface area contributed by atoms with Gasteiger partial charge in [0.15, 0.2) is 0 Å². The molecule has 0 amide bonds. The van der Waals surface area contributed by atoms with Crippen LogP contribution in [0.4, 0.5) is 8.78 Å². The second-order valence-corrected chi connectivity index (χ2v) is 52.9. The number of allylic oxidation sites excluding steroid dienone is 4. The number of hydrogen-bond acceptors (Lipinski definition) is 4. The van der Waals surface area contributed by atoms with E-state index in [0.717, 1.165) is 175 Å². The monoisotopic (exact) mass is 1420 g/mol. The van der Waals surface area contributed by atoms with Crippen LogP contribution in [0.2, 0.25) is 26.6 Å². The van der Waals surface area contributed by atoms with E-state index in [2.05, 4.69) is 97.6 Å². The van der Waals surface area contributed by atoms with Gasteiger partial charge in [-0.2, -0.15) is 0 Å². The molecule has 435 valence electrons. The van der Waals surface area contributed by atoms with Gasteiger partial charge >= 0.3 is 504 Å². The van der Waals surface area contributed by atoms with Gasteiger partial charge in [-0.25, -0.2) is 0 Å². The molecule has 2 aromatic carbocycles. The van der Waals surface area contributed by atoms with E-state index in [-0.39, 0.29) is 26.6 Å². The van der Waals surface area contributed by atoms with Gasteiger partial charge < -0.3 is 0 Å². The molecule has 1 N–H and O–H groups in total. The van der Waals surface area contributed by atoms with Crippen molar-refractivity contribution in [3.05, 3.63) is 55.2 Å². The van der Waals surface area contributed by atoms with Crippen molar-refractivity contribution in [1.29, 1.82) is 5.41 Å². The Bertz CT molecular complexity index is 2440. The minimum absolute atomic E-state index is 0.173. The summed E-state index contributed by atoms with van der Waals surface area (Å²) in [6.07, 6.45) is 37.3. The molecule has 0 saturated carbocycles.